The summed E-state index contributed by atoms with van der Waals surface area (Å²) in [6, 6.07) is 5.46. The Hall–Kier alpha value is -1.68. The highest BCUT2D eigenvalue weighted by Gasteiger charge is 2.18. The molecule has 0 saturated heterocycles. The number of alkyl halides is 1. The van der Waals surface area contributed by atoms with Gasteiger partial charge in [0.1, 0.15) is 5.88 Å². The van der Waals surface area contributed by atoms with E-state index in [9.17, 15) is 9.59 Å². The monoisotopic (exact) mass is 412 g/mol. The molecule has 0 saturated carbocycles. The quantitative estimate of drug-likeness (QED) is 0.471. The zero-order chi connectivity index (χ0) is 17.8. The highest BCUT2D eigenvalue weighted by molar-refractivity contribution is 8.02. The number of halogens is 1. The summed E-state index contributed by atoms with van der Waals surface area (Å²) in [5.41, 5.74) is 1.50. The number of hydrogen-bond acceptors (Lipinski definition) is 7. The van der Waals surface area contributed by atoms with Gasteiger partial charge in [0.25, 0.3) is 0 Å². The minimum absolute atomic E-state index is 0.0897. The number of carbonyl (C=O) groups is 2. The van der Waals surface area contributed by atoms with Crippen LogP contribution in [-0.2, 0) is 9.59 Å². The largest absolute Gasteiger partial charge is 0.325 e. The number of amides is 2. The van der Waals surface area contributed by atoms with Crippen molar-refractivity contribution in [3.8, 4) is 0 Å². The van der Waals surface area contributed by atoms with E-state index in [2.05, 4.69) is 20.6 Å². The molecule has 0 aliphatic heterocycles. The first kappa shape index (κ1) is 18.1. The molecule has 130 valence electrons. The van der Waals surface area contributed by atoms with E-state index in [1.165, 1.54) is 34.4 Å². The fourth-order valence-corrected chi connectivity index (χ4v) is 4.77. The van der Waals surface area contributed by atoms with E-state index in [0.717, 1.165) is 14.6 Å². The van der Waals surface area contributed by atoms with Crippen LogP contribution >= 0.6 is 46.0 Å². The lowest BCUT2D eigenvalue weighted by Crippen LogP contribution is -2.22. The van der Waals surface area contributed by atoms with Crippen LogP contribution in [0.4, 0.5) is 10.8 Å². The number of thiazole rings is 2. The van der Waals surface area contributed by atoms with Crippen molar-refractivity contribution >= 4 is 78.9 Å². The standard InChI is InChI=1S/C15H13ClN4O2S3/c1-8(13(22)20-14-17-4-5-23-14)24-15-19-10-3-2-9(6-11(10)25-15)18-12(21)7-16/h2-6,8H,7H2,1H3,(H,18,21)(H,17,20,22)/t8-/m1/s1. The molecule has 1 atom stereocenters. The van der Waals surface area contributed by atoms with Gasteiger partial charge in [0.15, 0.2) is 9.47 Å². The lowest BCUT2D eigenvalue weighted by atomic mass is 10.3. The first-order valence-electron chi connectivity index (χ1n) is 7.18. The number of aromatic nitrogens is 2. The first-order chi connectivity index (χ1) is 12.0. The molecule has 25 heavy (non-hydrogen) atoms. The van der Waals surface area contributed by atoms with Gasteiger partial charge in [-0.3, -0.25) is 9.59 Å². The average Bonchev–Trinajstić information content (AvgIpc) is 3.23. The lowest BCUT2D eigenvalue weighted by molar-refractivity contribution is -0.115. The molecule has 3 rings (SSSR count). The van der Waals surface area contributed by atoms with Gasteiger partial charge in [0.05, 0.1) is 15.5 Å². The van der Waals surface area contributed by atoms with Crippen molar-refractivity contribution < 1.29 is 9.59 Å². The maximum absolute atomic E-state index is 12.2. The van der Waals surface area contributed by atoms with Crippen molar-refractivity contribution in [3.05, 3.63) is 29.8 Å². The van der Waals surface area contributed by atoms with Crippen LogP contribution in [0, 0.1) is 0 Å². The van der Waals surface area contributed by atoms with Crippen LogP contribution in [0.1, 0.15) is 6.92 Å². The third kappa shape index (κ3) is 4.69. The Morgan fingerprint density at radius 3 is 2.92 bits per heavy atom. The van der Waals surface area contributed by atoms with E-state index < -0.39 is 0 Å². The second-order valence-electron chi connectivity index (χ2n) is 4.93. The van der Waals surface area contributed by atoms with Crippen molar-refractivity contribution in [1.82, 2.24) is 9.97 Å². The van der Waals surface area contributed by atoms with E-state index in [0.29, 0.717) is 10.8 Å². The molecule has 0 spiro atoms. The van der Waals surface area contributed by atoms with Crippen LogP contribution in [-0.4, -0.2) is 32.9 Å². The van der Waals surface area contributed by atoms with E-state index in [-0.39, 0.29) is 22.9 Å². The molecule has 3 aromatic rings. The van der Waals surface area contributed by atoms with E-state index >= 15 is 0 Å². The third-order valence-electron chi connectivity index (χ3n) is 3.08. The van der Waals surface area contributed by atoms with Crippen molar-refractivity contribution in [3.63, 3.8) is 0 Å². The van der Waals surface area contributed by atoms with Crippen LogP contribution in [0.3, 0.4) is 0 Å². The van der Waals surface area contributed by atoms with Gasteiger partial charge in [-0.25, -0.2) is 9.97 Å². The van der Waals surface area contributed by atoms with Crippen molar-refractivity contribution in [2.75, 3.05) is 16.5 Å². The van der Waals surface area contributed by atoms with Gasteiger partial charge in [0, 0.05) is 17.3 Å². The van der Waals surface area contributed by atoms with Gasteiger partial charge in [0.2, 0.25) is 11.8 Å². The Kier molecular flexibility index (Phi) is 5.89. The minimum Gasteiger partial charge on any atom is -0.325 e. The Labute approximate surface area is 161 Å². The van der Waals surface area contributed by atoms with Gasteiger partial charge >= 0.3 is 0 Å². The van der Waals surface area contributed by atoms with Crippen LogP contribution in [0.2, 0.25) is 0 Å². The van der Waals surface area contributed by atoms with Crippen LogP contribution in [0.25, 0.3) is 10.2 Å². The molecule has 0 aliphatic rings. The number of benzene rings is 1. The Morgan fingerprint density at radius 1 is 1.36 bits per heavy atom. The van der Waals surface area contributed by atoms with E-state index in [4.69, 9.17) is 11.6 Å². The van der Waals surface area contributed by atoms with Crippen LogP contribution in [0.5, 0.6) is 0 Å². The molecule has 2 aromatic heterocycles. The van der Waals surface area contributed by atoms with Gasteiger partial charge in [-0.1, -0.05) is 11.8 Å². The maximum Gasteiger partial charge on any atom is 0.239 e. The number of anilines is 2. The Bertz CT molecular complexity index is 897. The molecule has 6 nitrogen and oxygen atoms in total. The second-order valence-corrected chi connectivity index (χ2v) is 8.71. The summed E-state index contributed by atoms with van der Waals surface area (Å²) < 4.78 is 1.72. The minimum atomic E-state index is -0.306. The normalized spacial score (nSPS) is 12.1. The van der Waals surface area contributed by atoms with E-state index in [1.54, 1.807) is 12.3 Å². The molecular weight excluding hydrogens is 400 g/mol. The van der Waals surface area contributed by atoms with Crippen LogP contribution < -0.4 is 10.6 Å². The fourth-order valence-electron chi connectivity index (χ4n) is 1.92. The summed E-state index contributed by atoms with van der Waals surface area (Å²) in [5, 5.41) is 7.57. The summed E-state index contributed by atoms with van der Waals surface area (Å²) in [5.74, 6) is -0.463. The first-order valence-corrected chi connectivity index (χ1v) is 10.3. The number of fused-ring (bicyclic) bond motifs is 1. The molecule has 0 fully saturated rings. The topological polar surface area (TPSA) is 84.0 Å². The highest BCUT2D eigenvalue weighted by atomic mass is 35.5. The molecule has 0 bridgehead atoms. The number of hydrogen-bond donors (Lipinski definition) is 2. The molecule has 0 radical (unpaired) electrons. The van der Waals surface area contributed by atoms with Gasteiger partial charge in [-0.05, 0) is 25.1 Å². The molecule has 2 heterocycles. The van der Waals surface area contributed by atoms with Gasteiger partial charge in [-0.2, -0.15) is 0 Å². The predicted molar refractivity (Wildman–Crippen MR) is 105 cm³/mol. The van der Waals surface area contributed by atoms with Crippen LogP contribution in [0.15, 0.2) is 34.1 Å². The number of carbonyl (C=O) groups excluding carboxylic acids is 2. The Balaban J connectivity index is 1.68. The maximum atomic E-state index is 12.2. The highest BCUT2D eigenvalue weighted by Crippen LogP contribution is 2.33. The third-order valence-corrected chi connectivity index (χ3v) is 6.23. The van der Waals surface area contributed by atoms with Crippen molar-refractivity contribution in [2.24, 2.45) is 0 Å². The molecule has 0 aliphatic carbocycles. The fraction of sp³-hybridized carbons (Fsp3) is 0.200. The SMILES string of the molecule is C[C@@H](Sc1nc2ccc(NC(=O)CCl)cc2s1)C(=O)Nc1nccs1. The van der Waals surface area contributed by atoms with Crippen molar-refractivity contribution in [1.29, 1.82) is 0 Å². The number of nitrogens with zero attached hydrogens (tertiary/aromatic N) is 2. The smallest absolute Gasteiger partial charge is 0.239 e. The molecule has 0 unspecified atom stereocenters. The summed E-state index contributed by atoms with van der Waals surface area (Å²) in [7, 11) is 0. The average molecular weight is 413 g/mol. The van der Waals surface area contributed by atoms with Crippen molar-refractivity contribution in [2.45, 2.75) is 16.5 Å². The summed E-state index contributed by atoms with van der Waals surface area (Å²) in [4.78, 5) is 32.1. The van der Waals surface area contributed by atoms with Gasteiger partial charge in [-0.15, -0.1) is 34.3 Å². The molecule has 2 N–H and O–H groups in total. The number of rotatable bonds is 6. The zero-order valence-electron chi connectivity index (χ0n) is 13.0. The molecular formula is C15H13ClN4O2S3. The molecule has 2 amide bonds. The number of nitrogens with one attached hydrogen (secondary N) is 2. The zero-order valence-corrected chi connectivity index (χ0v) is 16.2. The number of thioether (sulfide) groups is 1. The van der Waals surface area contributed by atoms with Gasteiger partial charge < -0.3 is 10.6 Å². The predicted octanol–water partition coefficient (Wildman–Crippen LogP) is 4.05. The summed E-state index contributed by atoms with van der Waals surface area (Å²) in [6.07, 6.45) is 1.65. The summed E-state index contributed by atoms with van der Waals surface area (Å²) >= 11 is 9.73. The molecule has 10 heteroatoms. The molecule has 1 aromatic carbocycles. The second kappa shape index (κ2) is 8.13. The lowest BCUT2D eigenvalue weighted by Gasteiger charge is -2.07. The van der Waals surface area contributed by atoms with E-state index in [1.807, 2.05) is 24.4 Å². The Morgan fingerprint density at radius 2 is 2.20 bits per heavy atom. The summed E-state index contributed by atoms with van der Waals surface area (Å²) in [6.45, 7) is 1.83.